The second kappa shape index (κ2) is 13.5. The van der Waals surface area contributed by atoms with Gasteiger partial charge >= 0.3 is 0 Å². The van der Waals surface area contributed by atoms with Gasteiger partial charge in [-0.3, -0.25) is 4.99 Å². The van der Waals surface area contributed by atoms with Crippen molar-refractivity contribution in [2.45, 2.75) is 12.8 Å². The van der Waals surface area contributed by atoms with Crippen LogP contribution in [0.1, 0.15) is 12.8 Å². The van der Waals surface area contributed by atoms with Gasteiger partial charge in [0.1, 0.15) is 0 Å². The maximum absolute atomic E-state index is 5.63. The van der Waals surface area contributed by atoms with Crippen molar-refractivity contribution in [3.8, 4) is 0 Å². The first-order chi connectivity index (χ1) is 11.3. The Labute approximate surface area is 140 Å². The summed E-state index contributed by atoms with van der Waals surface area (Å²) in [6.07, 6.45) is 2.11. The summed E-state index contributed by atoms with van der Waals surface area (Å²) in [5, 5.41) is 3.40. The molecule has 1 heterocycles. The number of ether oxygens (including phenoxy) is 4. The SMILES string of the molecule is CN=C(NCCCOCCOC)N1CCC(COCCOC)C1. The van der Waals surface area contributed by atoms with E-state index in [1.165, 1.54) is 0 Å². The van der Waals surface area contributed by atoms with E-state index in [0.29, 0.717) is 32.3 Å². The Morgan fingerprint density at radius 1 is 1.09 bits per heavy atom. The molecule has 0 radical (unpaired) electrons. The van der Waals surface area contributed by atoms with Gasteiger partial charge in [-0.15, -0.1) is 0 Å². The summed E-state index contributed by atoms with van der Waals surface area (Å²) in [4.78, 5) is 6.67. The highest BCUT2D eigenvalue weighted by molar-refractivity contribution is 5.80. The summed E-state index contributed by atoms with van der Waals surface area (Å²) in [7, 11) is 5.21. The van der Waals surface area contributed by atoms with Gasteiger partial charge in [0.2, 0.25) is 0 Å². The topological polar surface area (TPSA) is 64.6 Å². The van der Waals surface area contributed by atoms with Gasteiger partial charge in [0.25, 0.3) is 0 Å². The first kappa shape index (κ1) is 20.2. The van der Waals surface area contributed by atoms with Crippen LogP contribution in [-0.4, -0.2) is 91.4 Å². The first-order valence-corrected chi connectivity index (χ1v) is 8.40. The van der Waals surface area contributed by atoms with Crippen LogP contribution >= 0.6 is 0 Å². The van der Waals surface area contributed by atoms with Crippen molar-refractivity contribution >= 4 is 5.96 Å². The van der Waals surface area contributed by atoms with Crippen LogP contribution in [0, 0.1) is 5.92 Å². The third-order valence-corrected chi connectivity index (χ3v) is 3.76. The van der Waals surface area contributed by atoms with Gasteiger partial charge in [-0.1, -0.05) is 0 Å². The Balaban J connectivity index is 2.10. The molecule has 0 bridgehead atoms. The van der Waals surface area contributed by atoms with E-state index in [4.69, 9.17) is 18.9 Å². The van der Waals surface area contributed by atoms with Crippen molar-refractivity contribution < 1.29 is 18.9 Å². The zero-order valence-corrected chi connectivity index (χ0v) is 14.9. The van der Waals surface area contributed by atoms with Crippen LogP contribution in [0.4, 0.5) is 0 Å². The third-order valence-electron chi connectivity index (χ3n) is 3.76. The minimum Gasteiger partial charge on any atom is -0.382 e. The second-order valence-corrected chi connectivity index (χ2v) is 5.60. The summed E-state index contributed by atoms with van der Waals surface area (Å²) in [6, 6.07) is 0. The third kappa shape index (κ3) is 9.10. The van der Waals surface area contributed by atoms with Crippen LogP contribution in [-0.2, 0) is 18.9 Å². The molecule has 23 heavy (non-hydrogen) atoms. The Morgan fingerprint density at radius 3 is 2.52 bits per heavy atom. The van der Waals surface area contributed by atoms with E-state index < -0.39 is 0 Å². The van der Waals surface area contributed by atoms with Crippen LogP contribution in [0.25, 0.3) is 0 Å². The molecule has 1 fully saturated rings. The molecular weight excluding hydrogens is 298 g/mol. The number of aliphatic imine (C=N–C) groups is 1. The van der Waals surface area contributed by atoms with Gasteiger partial charge in [-0.05, 0) is 12.8 Å². The molecule has 0 aromatic rings. The molecule has 1 N–H and O–H groups in total. The number of methoxy groups -OCH3 is 2. The molecule has 1 unspecified atom stereocenters. The largest absolute Gasteiger partial charge is 0.382 e. The maximum Gasteiger partial charge on any atom is 0.193 e. The fourth-order valence-corrected chi connectivity index (χ4v) is 2.50. The fourth-order valence-electron chi connectivity index (χ4n) is 2.50. The Hall–Kier alpha value is -0.890. The Bertz CT molecular complexity index is 316. The van der Waals surface area contributed by atoms with E-state index in [2.05, 4.69) is 15.2 Å². The molecule has 7 nitrogen and oxygen atoms in total. The number of hydrogen-bond donors (Lipinski definition) is 1. The quantitative estimate of drug-likeness (QED) is 0.321. The summed E-state index contributed by atoms with van der Waals surface area (Å²) >= 11 is 0. The highest BCUT2D eigenvalue weighted by Crippen LogP contribution is 2.16. The normalized spacial score (nSPS) is 18.7. The fraction of sp³-hybridized carbons (Fsp3) is 0.938. The van der Waals surface area contributed by atoms with Crippen LogP contribution in [0.5, 0.6) is 0 Å². The van der Waals surface area contributed by atoms with Crippen LogP contribution in [0.3, 0.4) is 0 Å². The summed E-state index contributed by atoms with van der Waals surface area (Å²) < 4.78 is 21.0. The van der Waals surface area contributed by atoms with Crippen molar-refractivity contribution in [3.05, 3.63) is 0 Å². The zero-order chi connectivity index (χ0) is 16.8. The molecule has 136 valence electrons. The van der Waals surface area contributed by atoms with E-state index in [-0.39, 0.29) is 0 Å². The lowest BCUT2D eigenvalue weighted by molar-refractivity contribution is 0.0536. The second-order valence-electron chi connectivity index (χ2n) is 5.60. The molecule has 0 aromatic carbocycles. The molecule has 1 rings (SSSR count). The van der Waals surface area contributed by atoms with Gasteiger partial charge in [-0.25, -0.2) is 0 Å². The van der Waals surface area contributed by atoms with Gasteiger partial charge in [0, 0.05) is 53.4 Å². The standard InChI is InChI=1S/C16H33N3O4/c1-17-16(18-6-4-8-22-11-9-20-2)19-7-5-15(13-19)14-23-12-10-21-3/h15H,4-14H2,1-3H3,(H,17,18). The number of nitrogens with zero attached hydrogens (tertiary/aromatic N) is 2. The molecule has 0 aliphatic carbocycles. The molecule has 1 aliphatic rings. The average molecular weight is 331 g/mol. The molecule has 1 atom stereocenters. The van der Waals surface area contributed by atoms with E-state index >= 15 is 0 Å². The predicted octanol–water partition coefficient (Wildman–Crippen LogP) is 0.600. The van der Waals surface area contributed by atoms with Gasteiger partial charge < -0.3 is 29.2 Å². The van der Waals surface area contributed by atoms with Crippen molar-refractivity contribution in [2.24, 2.45) is 10.9 Å². The van der Waals surface area contributed by atoms with Crippen molar-refractivity contribution in [2.75, 3.05) is 80.5 Å². The molecule has 0 aromatic heterocycles. The van der Waals surface area contributed by atoms with E-state index in [1.54, 1.807) is 14.2 Å². The maximum atomic E-state index is 5.63. The Morgan fingerprint density at radius 2 is 1.83 bits per heavy atom. The van der Waals surface area contributed by atoms with Crippen molar-refractivity contribution in [1.82, 2.24) is 10.2 Å². The number of guanidine groups is 1. The van der Waals surface area contributed by atoms with E-state index in [1.807, 2.05) is 7.05 Å². The summed E-state index contributed by atoms with van der Waals surface area (Å²) in [5.41, 5.74) is 0. The van der Waals surface area contributed by atoms with Gasteiger partial charge in [-0.2, -0.15) is 0 Å². The van der Waals surface area contributed by atoms with Crippen molar-refractivity contribution in [1.29, 1.82) is 0 Å². The Kier molecular flexibility index (Phi) is 11.9. The lowest BCUT2D eigenvalue weighted by atomic mass is 10.1. The molecule has 1 aliphatic heterocycles. The molecular formula is C16H33N3O4. The number of likely N-dealkylation sites (tertiary alicyclic amines) is 1. The highest BCUT2D eigenvalue weighted by atomic mass is 16.5. The lowest BCUT2D eigenvalue weighted by Crippen LogP contribution is -2.40. The lowest BCUT2D eigenvalue weighted by Gasteiger charge is -2.21. The van der Waals surface area contributed by atoms with Gasteiger partial charge in [0.15, 0.2) is 5.96 Å². The van der Waals surface area contributed by atoms with Gasteiger partial charge in [0.05, 0.1) is 33.0 Å². The highest BCUT2D eigenvalue weighted by Gasteiger charge is 2.24. The number of hydrogen-bond acceptors (Lipinski definition) is 5. The van der Waals surface area contributed by atoms with E-state index in [9.17, 15) is 0 Å². The zero-order valence-electron chi connectivity index (χ0n) is 14.9. The van der Waals surface area contributed by atoms with Crippen LogP contribution in [0.2, 0.25) is 0 Å². The first-order valence-electron chi connectivity index (χ1n) is 8.40. The minimum absolute atomic E-state index is 0.572. The molecule has 0 saturated carbocycles. The molecule has 0 amide bonds. The number of rotatable bonds is 12. The molecule has 1 saturated heterocycles. The number of nitrogens with one attached hydrogen (secondary N) is 1. The van der Waals surface area contributed by atoms with E-state index in [0.717, 1.165) is 51.6 Å². The van der Waals surface area contributed by atoms with Crippen molar-refractivity contribution in [3.63, 3.8) is 0 Å². The van der Waals surface area contributed by atoms with Crippen LogP contribution in [0.15, 0.2) is 4.99 Å². The molecule has 7 heteroatoms. The predicted molar refractivity (Wildman–Crippen MR) is 91.0 cm³/mol. The average Bonchev–Trinajstić information content (AvgIpc) is 3.03. The molecule has 0 spiro atoms. The minimum atomic E-state index is 0.572. The monoisotopic (exact) mass is 331 g/mol. The van der Waals surface area contributed by atoms with Crippen LogP contribution < -0.4 is 5.32 Å². The smallest absolute Gasteiger partial charge is 0.193 e. The summed E-state index contributed by atoms with van der Waals surface area (Å²) in [5.74, 6) is 1.55. The summed E-state index contributed by atoms with van der Waals surface area (Å²) in [6.45, 7) is 7.06.